The lowest BCUT2D eigenvalue weighted by molar-refractivity contribution is 0.619. The van der Waals surface area contributed by atoms with E-state index in [1.165, 1.54) is 54.6 Å². The predicted molar refractivity (Wildman–Crippen MR) is 274 cm³/mol. The van der Waals surface area contributed by atoms with Gasteiger partial charge in [-0.1, -0.05) is 123 Å². The summed E-state index contributed by atoms with van der Waals surface area (Å²) in [5, 5.41) is 9.60. The van der Waals surface area contributed by atoms with Crippen LogP contribution in [0.5, 0.6) is 0 Å². The van der Waals surface area contributed by atoms with Gasteiger partial charge in [0.1, 0.15) is 11.0 Å². The van der Waals surface area contributed by atoms with Crippen molar-refractivity contribution in [2.75, 3.05) is 0 Å². The highest BCUT2D eigenvalue weighted by Crippen LogP contribution is 2.56. The van der Waals surface area contributed by atoms with Crippen molar-refractivity contribution in [3.8, 4) is 45.4 Å². The highest BCUT2D eigenvalue weighted by atomic mass is 16.4. The Morgan fingerprint density at radius 1 is 0.358 bits per heavy atom. The van der Waals surface area contributed by atoms with Gasteiger partial charge in [0.25, 0.3) is 0 Å². The van der Waals surface area contributed by atoms with E-state index in [0.29, 0.717) is 11.8 Å². The van der Waals surface area contributed by atoms with Crippen LogP contribution in [-0.4, -0.2) is 19.1 Å². The van der Waals surface area contributed by atoms with Crippen LogP contribution in [0.15, 0.2) is 203 Å². The summed E-state index contributed by atoms with van der Waals surface area (Å²) in [6.07, 6.45) is 0. The summed E-state index contributed by atoms with van der Waals surface area (Å²) in [5.74, 6) is 1.25. The molecule has 0 amide bonds. The molecule has 0 bridgehead atoms. The van der Waals surface area contributed by atoms with Crippen LogP contribution in [0.4, 0.5) is 0 Å². The van der Waals surface area contributed by atoms with Crippen molar-refractivity contribution in [3.05, 3.63) is 205 Å². The molecule has 6 nitrogen and oxygen atoms in total. The third kappa shape index (κ3) is 4.99. The summed E-state index contributed by atoms with van der Waals surface area (Å²) < 4.78 is 17.5. The number of oxazole rings is 2. The van der Waals surface area contributed by atoms with Crippen LogP contribution in [0, 0.1) is 0 Å². The summed E-state index contributed by atoms with van der Waals surface area (Å²) in [5.41, 5.74) is 17.0. The number of nitrogens with zero attached hydrogens (tertiary/aromatic N) is 4. The van der Waals surface area contributed by atoms with E-state index >= 15 is 0 Å². The fourth-order valence-electron chi connectivity index (χ4n) is 11.5. The molecule has 0 fully saturated rings. The van der Waals surface area contributed by atoms with E-state index in [4.69, 9.17) is 18.8 Å². The number of rotatable bonds is 4. The first-order chi connectivity index (χ1) is 33.0. The molecule has 14 aromatic rings. The Morgan fingerprint density at radius 3 is 1.18 bits per heavy atom. The first-order valence-corrected chi connectivity index (χ1v) is 22.9. The highest BCUT2D eigenvalue weighted by molar-refractivity contribution is 6.18. The standard InChI is InChI=1S/C61H38N4O2/c1-61(2)45-33-53(64-49-23-11-7-17-39(49)43-31-35(27-29-51(43)64)59-62-47-21-9-13-25-55(47)66-59)37-15-3-5-19-41(37)57(45)58-42-20-6-4-16-38(42)54(34-46(58)61)65-50-24-12-8-18-40(50)44-32-36(28-30-52(44)65)60-63-48-22-10-14-26-56(48)67-60/h3-34H,1-2H3. The van der Waals surface area contributed by atoms with Gasteiger partial charge in [-0.25, -0.2) is 9.97 Å². The summed E-state index contributed by atoms with van der Waals surface area (Å²) in [6, 6.07) is 69.7. The molecule has 4 aromatic heterocycles. The lowest BCUT2D eigenvalue weighted by Crippen LogP contribution is -2.16. The van der Waals surface area contributed by atoms with Crippen molar-refractivity contribution in [1.82, 2.24) is 19.1 Å². The molecule has 1 aliphatic rings. The Morgan fingerprint density at radius 2 is 0.731 bits per heavy atom. The summed E-state index contributed by atoms with van der Waals surface area (Å²) in [4.78, 5) is 9.73. The third-order valence-corrected chi connectivity index (χ3v) is 14.6. The molecule has 0 unspecified atom stereocenters. The molecular formula is C61H38N4O2. The van der Waals surface area contributed by atoms with Crippen molar-refractivity contribution in [2.24, 2.45) is 0 Å². The zero-order chi connectivity index (χ0) is 44.1. The normalized spacial score (nSPS) is 13.3. The second-order valence-corrected chi connectivity index (χ2v) is 18.5. The van der Waals surface area contributed by atoms with Crippen LogP contribution >= 0.6 is 0 Å². The van der Waals surface area contributed by atoms with E-state index in [2.05, 4.69) is 169 Å². The molecule has 67 heavy (non-hydrogen) atoms. The second kappa shape index (κ2) is 13.2. The second-order valence-electron chi connectivity index (χ2n) is 18.5. The van der Waals surface area contributed by atoms with Gasteiger partial charge in [0.2, 0.25) is 11.8 Å². The van der Waals surface area contributed by atoms with Crippen molar-refractivity contribution >= 4 is 87.4 Å². The molecule has 0 saturated heterocycles. The van der Waals surface area contributed by atoms with E-state index in [9.17, 15) is 0 Å². The average Bonchev–Trinajstić information content (AvgIpc) is 4.19. The van der Waals surface area contributed by atoms with Gasteiger partial charge in [0, 0.05) is 48.9 Å². The minimum Gasteiger partial charge on any atom is -0.436 e. The van der Waals surface area contributed by atoms with E-state index < -0.39 is 0 Å². The van der Waals surface area contributed by atoms with Crippen molar-refractivity contribution in [1.29, 1.82) is 0 Å². The third-order valence-electron chi connectivity index (χ3n) is 14.6. The van der Waals surface area contributed by atoms with Crippen molar-refractivity contribution in [3.63, 3.8) is 0 Å². The Balaban J connectivity index is 0.956. The molecule has 0 radical (unpaired) electrons. The number of hydrogen-bond donors (Lipinski definition) is 0. The maximum atomic E-state index is 6.28. The van der Waals surface area contributed by atoms with Gasteiger partial charge >= 0.3 is 0 Å². The summed E-state index contributed by atoms with van der Waals surface area (Å²) in [7, 11) is 0. The molecule has 15 rings (SSSR count). The fourth-order valence-corrected chi connectivity index (χ4v) is 11.5. The molecule has 0 aliphatic heterocycles. The van der Waals surface area contributed by atoms with Crippen LogP contribution < -0.4 is 0 Å². The smallest absolute Gasteiger partial charge is 0.227 e. The van der Waals surface area contributed by atoms with Crippen LogP contribution in [0.25, 0.3) is 133 Å². The average molecular weight is 859 g/mol. The lowest BCUT2D eigenvalue weighted by Gasteiger charge is -2.24. The van der Waals surface area contributed by atoms with Crippen LogP contribution in [0.2, 0.25) is 0 Å². The van der Waals surface area contributed by atoms with Gasteiger partial charge < -0.3 is 18.0 Å². The first kappa shape index (κ1) is 36.6. The van der Waals surface area contributed by atoms with Gasteiger partial charge in [0.15, 0.2) is 11.2 Å². The number of para-hydroxylation sites is 6. The minimum atomic E-state index is -0.347. The van der Waals surface area contributed by atoms with Crippen LogP contribution in [0.3, 0.4) is 0 Å². The molecule has 4 heterocycles. The number of benzene rings is 10. The number of aromatic nitrogens is 4. The monoisotopic (exact) mass is 858 g/mol. The first-order valence-electron chi connectivity index (χ1n) is 22.9. The topological polar surface area (TPSA) is 61.9 Å². The Hall–Kier alpha value is -8.74. The molecule has 10 aromatic carbocycles. The summed E-state index contributed by atoms with van der Waals surface area (Å²) in [6.45, 7) is 4.82. The fraction of sp³-hybridized carbons (Fsp3) is 0.0492. The van der Waals surface area contributed by atoms with Crippen molar-refractivity contribution in [2.45, 2.75) is 19.3 Å². The predicted octanol–water partition coefficient (Wildman–Crippen LogP) is 16.1. The molecular weight excluding hydrogens is 821 g/mol. The Kier molecular flexibility index (Phi) is 7.20. The van der Waals surface area contributed by atoms with Crippen molar-refractivity contribution < 1.29 is 8.83 Å². The van der Waals surface area contributed by atoms with Gasteiger partial charge in [-0.05, 0) is 118 Å². The van der Waals surface area contributed by atoms with Crippen LogP contribution in [-0.2, 0) is 5.41 Å². The maximum Gasteiger partial charge on any atom is 0.227 e. The number of hydrogen-bond acceptors (Lipinski definition) is 4. The Bertz CT molecular complexity index is 4090. The molecule has 0 atom stereocenters. The SMILES string of the molecule is CC1(C)c2cc(-n3c4ccccc4c4cc(-c5nc6ccccc6o5)ccc43)c3ccccc3c2-c2c1cc(-n1c3ccccc3c3cc(-c4nc5ccccc5o4)ccc31)c1ccccc21. The Labute approximate surface area is 383 Å². The van der Waals surface area contributed by atoms with E-state index in [-0.39, 0.29) is 5.41 Å². The molecule has 314 valence electrons. The van der Waals surface area contributed by atoms with Gasteiger partial charge in [-0.3, -0.25) is 0 Å². The largest absolute Gasteiger partial charge is 0.436 e. The zero-order valence-corrected chi connectivity index (χ0v) is 36.6. The molecule has 1 aliphatic carbocycles. The minimum absolute atomic E-state index is 0.347. The molecule has 6 heteroatoms. The van der Waals surface area contributed by atoms with Gasteiger partial charge in [-0.2, -0.15) is 0 Å². The molecule has 0 N–H and O–H groups in total. The molecule has 0 saturated carbocycles. The lowest BCUT2D eigenvalue weighted by atomic mass is 9.81. The summed E-state index contributed by atoms with van der Waals surface area (Å²) >= 11 is 0. The van der Waals surface area contributed by atoms with Gasteiger partial charge in [-0.15, -0.1) is 0 Å². The number of fused-ring (bicyclic) bond motifs is 15. The zero-order valence-electron chi connectivity index (χ0n) is 36.6. The van der Waals surface area contributed by atoms with E-state index in [0.717, 1.165) is 77.5 Å². The van der Waals surface area contributed by atoms with Gasteiger partial charge in [0.05, 0.1) is 33.4 Å². The quantitative estimate of drug-likeness (QED) is 0.177. The highest BCUT2D eigenvalue weighted by Gasteiger charge is 2.40. The molecule has 0 spiro atoms. The maximum absolute atomic E-state index is 6.28. The van der Waals surface area contributed by atoms with E-state index in [1.807, 2.05) is 48.5 Å². The van der Waals surface area contributed by atoms with Crippen LogP contribution in [0.1, 0.15) is 25.0 Å². The van der Waals surface area contributed by atoms with E-state index in [1.54, 1.807) is 0 Å².